The van der Waals surface area contributed by atoms with E-state index in [1.807, 2.05) is 0 Å². The summed E-state index contributed by atoms with van der Waals surface area (Å²) in [6, 6.07) is 0. The molecule has 0 heterocycles. The summed E-state index contributed by atoms with van der Waals surface area (Å²) < 4.78 is 68.5. The molecule has 0 aromatic rings. The number of aliphatic hydroxyl groups is 1. The number of hydrogen-bond acceptors (Lipinski definition) is 15. The van der Waals surface area contributed by atoms with Gasteiger partial charge in [0, 0.05) is 25.7 Å². The SMILES string of the molecule is CCC(C)CCCCCCCCCCC(=O)O[C@H](COC(=O)CCCCCCCCC(C)CC)COP(=O)(O)OC[C@H](O)COP(=O)(O)OC[C@@H](COC(=O)CCCCCCCCCCCCCCCCCCCCC(C)C)OC(=O)CCCCCCCCCCCCC(C)C. The van der Waals surface area contributed by atoms with Crippen LogP contribution < -0.4 is 0 Å². The monoisotopic (exact) mass is 1410 g/mol. The zero-order valence-electron chi connectivity index (χ0n) is 63.0. The second-order valence-corrected chi connectivity index (χ2v) is 32.1. The third-order valence-corrected chi connectivity index (χ3v) is 20.4. The molecule has 3 N–H and O–H groups in total. The topological polar surface area (TPSA) is 237 Å². The first-order valence-electron chi connectivity index (χ1n) is 39.8. The first-order valence-corrected chi connectivity index (χ1v) is 42.8. The van der Waals surface area contributed by atoms with Gasteiger partial charge in [0.05, 0.1) is 26.4 Å². The van der Waals surface area contributed by atoms with Crippen LogP contribution in [0.1, 0.15) is 389 Å². The van der Waals surface area contributed by atoms with Gasteiger partial charge in [0.15, 0.2) is 12.2 Å². The lowest BCUT2D eigenvalue weighted by Gasteiger charge is -2.21. The first kappa shape index (κ1) is 94.1. The number of rotatable bonds is 74. The van der Waals surface area contributed by atoms with Crippen LogP contribution >= 0.6 is 15.6 Å². The number of unbranched alkanes of at least 4 members (excludes halogenated alkanes) is 38. The molecule has 0 radical (unpaired) electrons. The molecule has 0 fully saturated rings. The first-order chi connectivity index (χ1) is 46.2. The summed E-state index contributed by atoms with van der Waals surface area (Å²) in [6.07, 6.45) is 51.5. The van der Waals surface area contributed by atoms with Gasteiger partial charge in [-0.05, 0) is 49.4 Å². The van der Waals surface area contributed by atoms with Crippen LogP contribution in [0.4, 0.5) is 0 Å². The van der Waals surface area contributed by atoms with Crippen LogP contribution in [0.2, 0.25) is 0 Å². The predicted molar refractivity (Wildman–Crippen MR) is 391 cm³/mol. The maximum Gasteiger partial charge on any atom is 0.472 e. The van der Waals surface area contributed by atoms with Crippen molar-refractivity contribution in [3.63, 3.8) is 0 Å². The van der Waals surface area contributed by atoms with Crippen LogP contribution in [-0.4, -0.2) is 96.7 Å². The molecule has 96 heavy (non-hydrogen) atoms. The fourth-order valence-corrected chi connectivity index (χ4v) is 13.2. The minimum Gasteiger partial charge on any atom is -0.462 e. The van der Waals surface area contributed by atoms with Crippen molar-refractivity contribution in [1.29, 1.82) is 0 Å². The number of hydrogen-bond donors (Lipinski definition) is 3. The van der Waals surface area contributed by atoms with Crippen LogP contribution in [0, 0.1) is 23.7 Å². The van der Waals surface area contributed by atoms with Crippen molar-refractivity contribution in [2.24, 2.45) is 23.7 Å². The van der Waals surface area contributed by atoms with Gasteiger partial charge in [0.1, 0.15) is 19.3 Å². The highest BCUT2D eigenvalue weighted by molar-refractivity contribution is 7.47. The summed E-state index contributed by atoms with van der Waals surface area (Å²) in [5.41, 5.74) is 0. The molecule has 0 aromatic heterocycles. The van der Waals surface area contributed by atoms with Gasteiger partial charge in [0.2, 0.25) is 0 Å². The van der Waals surface area contributed by atoms with E-state index in [2.05, 4.69) is 55.4 Å². The summed E-state index contributed by atoms with van der Waals surface area (Å²) in [7, 11) is -9.91. The van der Waals surface area contributed by atoms with Gasteiger partial charge in [-0.1, -0.05) is 338 Å². The van der Waals surface area contributed by atoms with Gasteiger partial charge < -0.3 is 33.8 Å². The second kappa shape index (κ2) is 66.3. The van der Waals surface area contributed by atoms with Crippen molar-refractivity contribution in [1.82, 2.24) is 0 Å². The van der Waals surface area contributed by atoms with Crippen molar-refractivity contribution in [3.05, 3.63) is 0 Å². The zero-order chi connectivity index (χ0) is 71.0. The van der Waals surface area contributed by atoms with Crippen molar-refractivity contribution in [2.45, 2.75) is 408 Å². The van der Waals surface area contributed by atoms with E-state index in [9.17, 15) is 43.2 Å². The standard InChI is InChI=1S/C77H150O17P2/c1-9-69(7)55-47-39-31-27-28-34-44-52-60-77(82)94-73(64-88-75(80)58-50-42-36-35-40-48-56-70(8)10-2)66-92-96(85,86)90-62-71(78)61-89-95(83,84)91-65-72(93-76(81)59-51-43-33-26-22-21-24-30-38-46-54-68(5)6)63-87-74(79)57-49-41-32-25-20-18-16-14-12-11-13-15-17-19-23-29-37-45-53-67(3)4/h67-73,78H,9-66H2,1-8H3,(H,83,84)(H,85,86)/t69?,70?,71-,72-,73-/m1/s1. The summed E-state index contributed by atoms with van der Waals surface area (Å²) >= 11 is 0. The molecule has 0 rings (SSSR count). The lowest BCUT2D eigenvalue weighted by Crippen LogP contribution is -2.30. The third kappa shape index (κ3) is 67.9. The fraction of sp³-hybridized carbons (Fsp3) is 0.948. The van der Waals surface area contributed by atoms with Gasteiger partial charge in [0.25, 0.3) is 0 Å². The number of ether oxygens (including phenoxy) is 4. The molecule has 4 unspecified atom stereocenters. The molecule has 0 saturated heterocycles. The average molecular weight is 1410 g/mol. The highest BCUT2D eigenvalue weighted by Gasteiger charge is 2.30. The number of aliphatic hydroxyl groups excluding tert-OH is 1. The number of phosphoric acid groups is 2. The van der Waals surface area contributed by atoms with E-state index in [1.54, 1.807) is 0 Å². The highest BCUT2D eigenvalue weighted by atomic mass is 31.2. The normalized spacial score (nSPS) is 14.7. The van der Waals surface area contributed by atoms with Crippen LogP contribution in [0.3, 0.4) is 0 Å². The Morgan fingerprint density at radius 3 is 0.740 bits per heavy atom. The van der Waals surface area contributed by atoms with Crippen molar-refractivity contribution >= 4 is 39.5 Å². The number of esters is 4. The Morgan fingerprint density at radius 2 is 0.500 bits per heavy atom. The minimum atomic E-state index is -4.96. The van der Waals surface area contributed by atoms with E-state index >= 15 is 0 Å². The molecule has 0 aliphatic carbocycles. The molecule has 7 atom stereocenters. The molecule has 0 bridgehead atoms. The Hall–Kier alpha value is -1.94. The van der Waals surface area contributed by atoms with Crippen LogP contribution in [0.25, 0.3) is 0 Å². The van der Waals surface area contributed by atoms with Crippen LogP contribution in [0.5, 0.6) is 0 Å². The van der Waals surface area contributed by atoms with E-state index in [1.165, 1.54) is 186 Å². The highest BCUT2D eigenvalue weighted by Crippen LogP contribution is 2.45. The molecular weight excluding hydrogens is 1260 g/mol. The Morgan fingerprint density at radius 1 is 0.292 bits per heavy atom. The largest absolute Gasteiger partial charge is 0.472 e. The smallest absolute Gasteiger partial charge is 0.462 e. The zero-order valence-corrected chi connectivity index (χ0v) is 64.8. The molecule has 0 aliphatic heterocycles. The molecular formula is C77H150O17P2. The van der Waals surface area contributed by atoms with E-state index in [4.69, 9.17) is 37.0 Å². The van der Waals surface area contributed by atoms with Crippen LogP contribution in [0.15, 0.2) is 0 Å². The molecule has 0 spiro atoms. The van der Waals surface area contributed by atoms with E-state index < -0.39 is 97.5 Å². The van der Waals surface area contributed by atoms with Crippen molar-refractivity contribution in [3.8, 4) is 0 Å². The number of carbonyl (C=O) groups is 4. The molecule has 17 nitrogen and oxygen atoms in total. The number of phosphoric ester groups is 2. The van der Waals surface area contributed by atoms with Gasteiger partial charge in [-0.25, -0.2) is 9.13 Å². The van der Waals surface area contributed by atoms with E-state index in [0.717, 1.165) is 120 Å². The lowest BCUT2D eigenvalue weighted by molar-refractivity contribution is -0.161. The Bertz CT molecular complexity index is 1890. The maximum atomic E-state index is 13.1. The molecule has 19 heteroatoms. The maximum absolute atomic E-state index is 13.1. The Labute approximate surface area is 588 Å². The molecule has 0 aliphatic rings. The van der Waals surface area contributed by atoms with Gasteiger partial charge in [-0.3, -0.25) is 37.3 Å². The van der Waals surface area contributed by atoms with Crippen molar-refractivity contribution in [2.75, 3.05) is 39.6 Å². The van der Waals surface area contributed by atoms with Crippen molar-refractivity contribution < 1.29 is 80.2 Å². The van der Waals surface area contributed by atoms with Crippen LogP contribution in [-0.2, 0) is 65.4 Å². The quantitative estimate of drug-likeness (QED) is 0.0222. The average Bonchev–Trinajstić information content (AvgIpc) is 1.46. The molecule has 0 aromatic carbocycles. The van der Waals surface area contributed by atoms with E-state index in [0.29, 0.717) is 25.7 Å². The second-order valence-electron chi connectivity index (χ2n) is 29.2. The fourth-order valence-electron chi connectivity index (χ4n) is 11.7. The summed E-state index contributed by atoms with van der Waals surface area (Å²) in [4.78, 5) is 72.8. The minimum absolute atomic E-state index is 0.104. The molecule has 570 valence electrons. The molecule has 0 amide bonds. The summed E-state index contributed by atoms with van der Waals surface area (Å²) in [5.74, 6) is 0.952. The summed E-state index contributed by atoms with van der Waals surface area (Å²) in [6.45, 7) is 14.2. The Kier molecular flexibility index (Phi) is 65.0. The van der Waals surface area contributed by atoms with E-state index in [-0.39, 0.29) is 25.7 Å². The van der Waals surface area contributed by atoms with Gasteiger partial charge in [-0.2, -0.15) is 0 Å². The Balaban J connectivity index is 5.19. The third-order valence-electron chi connectivity index (χ3n) is 18.5. The van der Waals surface area contributed by atoms with Gasteiger partial charge >= 0.3 is 39.5 Å². The summed E-state index contributed by atoms with van der Waals surface area (Å²) in [5, 5.41) is 10.6. The number of carbonyl (C=O) groups excluding carboxylic acids is 4. The molecule has 0 saturated carbocycles. The van der Waals surface area contributed by atoms with Gasteiger partial charge in [-0.15, -0.1) is 0 Å². The lowest BCUT2D eigenvalue weighted by atomic mass is 9.99. The predicted octanol–water partition coefficient (Wildman–Crippen LogP) is 22.4.